The molecule has 2 N–H and O–H groups in total. The first kappa shape index (κ1) is 17.9. The highest BCUT2D eigenvalue weighted by Crippen LogP contribution is 2.24. The van der Waals surface area contributed by atoms with Crippen LogP contribution in [0, 0.1) is 0 Å². The van der Waals surface area contributed by atoms with Gasteiger partial charge in [-0.3, -0.25) is 0 Å². The summed E-state index contributed by atoms with van der Waals surface area (Å²) in [6.45, 7) is 1.55. The average Bonchev–Trinajstić information content (AvgIpc) is 3.04. The van der Waals surface area contributed by atoms with Gasteiger partial charge in [0.1, 0.15) is 5.75 Å². The number of alkyl halides is 3. The van der Waals surface area contributed by atoms with Gasteiger partial charge in [-0.15, -0.1) is 13.2 Å². The minimum absolute atomic E-state index is 0.00282. The number of anilines is 2. The standard InChI is InChI=1S/C18H18F3N3O2/c19-18(20,21)26-16-8-6-13(7-9-16)22-17(25)23-14-10-11-24(12-14)15-4-2-1-3-5-15/h1-9,14H,10-12H2,(H2,22,23,25). The van der Waals surface area contributed by atoms with Gasteiger partial charge in [-0.05, 0) is 42.8 Å². The van der Waals surface area contributed by atoms with E-state index < -0.39 is 12.4 Å². The van der Waals surface area contributed by atoms with E-state index in [-0.39, 0.29) is 11.8 Å². The molecule has 26 heavy (non-hydrogen) atoms. The van der Waals surface area contributed by atoms with Crippen LogP contribution < -0.4 is 20.3 Å². The topological polar surface area (TPSA) is 53.6 Å². The highest BCUT2D eigenvalue weighted by atomic mass is 19.4. The van der Waals surface area contributed by atoms with Gasteiger partial charge in [-0.1, -0.05) is 18.2 Å². The molecule has 1 heterocycles. The van der Waals surface area contributed by atoms with Crippen molar-refractivity contribution in [2.24, 2.45) is 0 Å². The molecule has 0 aliphatic carbocycles. The lowest BCUT2D eigenvalue weighted by Crippen LogP contribution is -2.39. The Morgan fingerprint density at radius 3 is 2.42 bits per heavy atom. The summed E-state index contributed by atoms with van der Waals surface area (Å²) in [6.07, 6.45) is -3.92. The van der Waals surface area contributed by atoms with Crippen LogP contribution in [0.25, 0.3) is 0 Å². The predicted octanol–water partition coefficient (Wildman–Crippen LogP) is 3.99. The molecular formula is C18H18F3N3O2. The van der Waals surface area contributed by atoms with Crippen molar-refractivity contribution in [2.75, 3.05) is 23.3 Å². The number of nitrogens with one attached hydrogen (secondary N) is 2. The summed E-state index contributed by atoms with van der Waals surface area (Å²) in [5.41, 5.74) is 1.49. The lowest BCUT2D eigenvalue weighted by molar-refractivity contribution is -0.274. The zero-order chi connectivity index (χ0) is 18.6. The summed E-state index contributed by atoms with van der Waals surface area (Å²) in [7, 11) is 0. The Hall–Kier alpha value is -2.90. The van der Waals surface area contributed by atoms with Crippen LogP contribution in [0.15, 0.2) is 54.6 Å². The lowest BCUT2D eigenvalue weighted by atomic mass is 10.2. The molecule has 2 aromatic rings. The van der Waals surface area contributed by atoms with Crippen LogP contribution in [0.5, 0.6) is 5.75 Å². The van der Waals surface area contributed by atoms with Crippen molar-refractivity contribution in [1.29, 1.82) is 0 Å². The van der Waals surface area contributed by atoms with E-state index in [1.807, 2.05) is 30.3 Å². The minimum Gasteiger partial charge on any atom is -0.406 e. The van der Waals surface area contributed by atoms with E-state index >= 15 is 0 Å². The molecule has 0 spiro atoms. The third-order valence-electron chi connectivity index (χ3n) is 3.99. The maximum absolute atomic E-state index is 12.1. The molecule has 1 aliphatic heterocycles. The number of rotatable bonds is 4. The Morgan fingerprint density at radius 1 is 1.08 bits per heavy atom. The molecule has 2 aromatic carbocycles. The van der Waals surface area contributed by atoms with Crippen LogP contribution in [-0.4, -0.2) is 31.5 Å². The van der Waals surface area contributed by atoms with Crippen molar-refractivity contribution < 1.29 is 22.7 Å². The Balaban J connectivity index is 1.49. The monoisotopic (exact) mass is 365 g/mol. The molecule has 138 valence electrons. The SMILES string of the molecule is O=C(Nc1ccc(OC(F)(F)F)cc1)NC1CCN(c2ccccc2)C1. The van der Waals surface area contributed by atoms with Crippen molar-refractivity contribution in [3.05, 3.63) is 54.6 Å². The molecule has 0 radical (unpaired) electrons. The fraction of sp³-hybridized carbons (Fsp3) is 0.278. The van der Waals surface area contributed by atoms with Crippen LogP contribution in [0.4, 0.5) is 29.3 Å². The Labute approximate surface area is 148 Å². The number of carbonyl (C=O) groups excluding carboxylic acids is 1. The summed E-state index contributed by atoms with van der Waals surface area (Å²) >= 11 is 0. The second-order valence-corrected chi connectivity index (χ2v) is 5.94. The highest BCUT2D eigenvalue weighted by molar-refractivity contribution is 5.89. The second-order valence-electron chi connectivity index (χ2n) is 5.94. The summed E-state index contributed by atoms with van der Waals surface area (Å²) in [4.78, 5) is 14.3. The van der Waals surface area contributed by atoms with Gasteiger partial charge in [0, 0.05) is 30.5 Å². The van der Waals surface area contributed by atoms with Gasteiger partial charge < -0.3 is 20.3 Å². The number of benzene rings is 2. The molecule has 1 saturated heterocycles. The first-order valence-electron chi connectivity index (χ1n) is 8.12. The maximum Gasteiger partial charge on any atom is 0.573 e. The second kappa shape index (κ2) is 7.55. The van der Waals surface area contributed by atoms with Gasteiger partial charge in [-0.25, -0.2) is 4.79 Å². The Kier molecular flexibility index (Phi) is 5.20. The van der Waals surface area contributed by atoms with Crippen molar-refractivity contribution in [3.8, 4) is 5.75 Å². The number of amides is 2. The lowest BCUT2D eigenvalue weighted by Gasteiger charge is -2.19. The van der Waals surface area contributed by atoms with Crippen LogP contribution in [0.3, 0.4) is 0 Å². The number of ether oxygens (including phenoxy) is 1. The van der Waals surface area contributed by atoms with E-state index in [1.165, 1.54) is 12.1 Å². The summed E-state index contributed by atoms with van der Waals surface area (Å²) < 4.78 is 40.2. The van der Waals surface area contributed by atoms with Crippen LogP contribution in [0.2, 0.25) is 0 Å². The van der Waals surface area contributed by atoms with Gasteiger partial charge >= 0.3 is 12.4 Å². The first-order chi connectivity index (χ1) is 12.4. The fourth-order valence-corrected chi connectivity index (χ4v) is 2.84. The first-order valence-corrected chi connectivity index (χ1v) is 8.12. The number of hydrogen-bond acceptors (Lipinski definition) is 3. The predicted molar refractivity (Wildman–Crippen MR) is 92.3 cm³/mol. The van der Waals surface area contributed by atoms with Crippen molar-refractivity contribution in [2.45, 2.75) is 18.8 Å². The van der Waals surface area contributed by atoms with Gasteiger partial charge in [0.2, 0.25) is 0 Å². The van der Waals surface area contributed by atoms with Crippen molar-refractivity contribution >= 4 is 17.4 Å². The van der Waals surface area contributed by atoms with Crippen LogP contribution >= 0.6 is 0 Å². The molecular weight excluding hydrogens is 347 g/mol. The molecule has 1 unspecified atom stereocenters. The van der Waals surface area contributed by atoms with Gasteiger partial charge in [0.25, 0.3) is 0 Å². The Bertz CT molecular complexity index is 736. The largest absolute Gasteiger partial charge is 0.573 e. The number of nitrogens with zero attached hydrogens (tertiary/aromatic N) is 1. The number of urea groups is 1. The van der Waals surface area contributed by atoms with Gasteiger partial charge in [-0.2, -0.15) is 0 Å². The van der Waals surface area contributed by atoms with E-state index in [2.05, 4.69) is 20.3 Å². The van der Waals surface area contributed by atoms with Crippen molar-refractivity contribution in [3.63, 3.8) is 0 Å². The zero-order valence-electron chi connectivity index (χ0n) is 13.8. The van der Waals surface area contributed by atoms with E-state index in [9.17, 15) is 18.0 Å². The molecule has 2 amide bonds. The average molecular weight is 365 g/mol. The van der Waals surface area contributed by atoms with E-state index in [4.69, 9.17) is 0 Å². The number of halogens is 3. The molecule has 1 atom stereocenters. The minimum atomic E-state index is -4.74. The molecule has 1 fully saturated rings. The third kappa shape index (κ3) is 5.05. The van der Waals surface area contributed by atoms with E-state index in [1.54, 1.807) is 0 Å². The molecule has 5 nitrogen and oxygen atoms in total. The summed E-state index contributed by atoms with van der Waals surface area (Å²) in [6, 6.07) is 14.5. The van der Waals surface area contributed by atoms with Crippen LogP contribution in [0.1, 0.15) is 6.42 Å². The van der Waals surface area contributed by atoms with Crippen molar-refractivity contribution in [1.82, 2.24) is 5.32 Å². The smallest absolute Gasteiger partial charge is 0.406 e. The highest BCUT2D eigenvalue weighted by Gasteiger charge is 2.31. The molecule has 1 aliphatic rings. The van der Waals surface area contributed by atoms with Gasteiger partial charge in [0.05, 0.1) is 0 Å². The molecule has 0 bridgehead atoms. The maximum atomic E-state index is 12.1. The fourth-order valence-electron chi connectivity index (χ4n) is 2.84. The number of para-hydroxylation sites is 1. The third-order valence-corrected chi connectivity index (χ3v) is 3.99. The molecule has 3 rings (SSSR count). The number of carbonyl (C=O) groups is 1. The van der Waals surface area contributed by atoms with E-state index in [0.29, 0.717) is 12.2 Å². The summed E-state index contributed by atoms with van der Waals surface area (Å²) in [5.74, 6) is -0.335. The van der Waals surface area contributed by atoms with Gasteiger partial charge in [0.15, 0.2) is 0 Å². The molecule has 0 saturated carbocycles. The van der Waals surface area contributed by atoms with Crippen LogP contribution in [-0.2, 0) is 0 Å². The zero-order valence-corrected chi connectivity index (χ0v) is 13.8. The number of hydrogen-bond donors (Lipinski definition) is 2. The molecule has 8 heteroatoms. The quantitative estimate of drug-likeness (QED) is 0.862. The van der Waals surface area contributed by atoms with E-state index in [0.717, 1.165) is 30.8 Å². The molecule has 0 aromatic heterocycles. The Morgan fingerprint density at radius 2 is 1.77 bits per heavy atom. The summed E-state index contributed by atoms with van der Waals surface area (Å²) in [5, 5.41) is 5.49. The normalized spacial score (nSPS) is 17.0.